The second-order valence-corrected chi connectivity index (χ2v) is 9.09. The summed E-state index contributed by atoms with van der Waals surface area (Å²) in [4.78, 5) is 27.2. The maximum atomic E-state index is 13.2. The molecule has 1 saturated heterocycles. The van der Waals surface area contributed by atoms with Crippen LogP contribution >= 0.6 is 0 Å². The summed E-state index contributed by atoms with van der Waals surface area (Å²) in [6.07, 6.45) is 5.06. The van der Waals surface area contributed by atoms with Crippen molar-refractivity contribution < 1.29 is 14.7 Å². The van der Waals surface area contributed by atoms with Crippen LogP contribution in [0.4, 0.5) is 0 Å². The highest BCUT2D eigenvalue weighted by molar-refractivity contribution is 5.97. The first kappa shape index (κ1) is 21.3. The van der Waals surface area contributed by atoms with Crippen molar-refractivity contribution >= 4 is 11.8 Å². The number of nitriles is 1. The Morgan fingerprint density at radius 1 is 1.26 bits per heavy atom. The zero-order valence-electron chi connectivity index (χ0n) is 18.0. The van der Waals surface area contributed by atoms with Gasteiger partial charge in [0, 0.05) is 30.3 Å². The molecule has 0 bridgehead atoms. The number of carbonyl (C=O) groups is 2. The quantitative estimate of drug-likeness (QED) is 0.767. The summed E-state index contributed by atoms with van der Waals surface area (Å²) in [6.45, 7) is 5.12. The fraction of sp³-hybridized carbons (Fsp3) is 0.480. The summed E-state index contributed by atoms with van der Waals surface area (Å²) in [5, 5.41) is 21.3. The molecule has 1 aromatic carbocycles. The summed E-state index contributed by atoms with van der Waals surface area (Å²) >= 11 is 0. The lowest BCUT2D eigenvalue weighted by Crippen LogP contribution is -2.39. The highest BCUT2D eigenvalue weighted by Gasteiger charge is 2.50. The van der Waals surface area contributed by atoms with E-state index in [-0.39, 0.29) is 24.2 Å². The van der Waals surface area contributed by atoms with Gasteiger partial charge in [-0.25, -0.2) is 0 Å². The molecular weight excluding hydrogens is 390 g/mol. The van der Waals surface area contributed by atoms with Gasteiger partial charge in [0.2, 0.25) is 5.91 Å². The maximum absolute atomic E-state index is 13.2. The smallest absolute Gasteiger partial charge is 0.253 e. The van der Waals surface area contributed by atoms with Gasteiger partial charge in [-0.3, -0.25) is 9.59 Å². The van der Waals surface area contributed by atoms with E-state index in [2.05, 4.69) is 24.4 Å². The van der Waals surface area contributed by atoms with E-state index in [1.165, 1.54) is 5.56 Å². The third-order valence-corrected chi connectivity index (χ3v) is 6.79. The van der Waals surface area contributed by atoms with Crippen LogP contribution in [0.1, 0.15) is 50.2 Å². The van der Waals surface area contributed by atoms with Crippen molar-refractivity contribution in [2.24, 2.45) is 17.8 Å². The molecule has 0 radical (unpaired) electrons. The lowest BCUT2D eigenvalue weighted by molar-refractivity contribution is -0.128. The topological polar surface area (TPSA) is 93.4 Å². The molecular formula is C25H29N3O3. The first-order valence-electron chi connectivity index (χ1n) is 11.1. The lowest BCUT2D eigenvalue weighted by Gasteiger charge is -2.33. The molecule has 3 aliphatic rings. The van der Waals surface area contributed by atoms with Crippen molar-refractivity contribution in [3.63, 3.8) is 0 Å². The summed E-state index contributed by atoms with van der Waals surface area (Å²) in [6, 6.07) is 9.89. The van der Waals surface area contributed by atoms with Crippen molar-refractivity contribution in [1.29, 1.82) is 5.26 Å². The Labute approximate surface area is 183 Å². The molecule has 6 nitrogen and oxygen atoms in total. The van der Waals surface area contributed by atoms with E-state index in [1.807, 2.05) is 35.2 Å². The number of fused-ring (bicyclic) bond motifs is 1. The largest absolute Gasteiger partial charge is 0.393 e. The molecule has 162 valence electrons. The van der Waals surface area contributed by atoms with Gasteiger partial charge in [-0.15, -0.1) is 0 Å². The first-order valence-corrected chi connectivity index (χ1v) is 11.1. The Bertz CT molecular complexity index is 963. The minimum absolute atomic E-state index is 0.0260. The van der Waals surface area contributed by atoms with E-state index in [0.29, 0.717) is 42.0 Å². The van der Waals surface area contributed by atoms with Gasteiger partial charge in [-0.1, -0.05) is 25.1 Å². The summed E-state index contributed by atoms with van der Waals surface area (Å²) < 4.78 is 0. The highest BCUT2D eigenvalue weighted by Crippen LogP contribution is 2.53. The van der Waals surface area contributed by atoms with E-state index >= 15 is 0 Å². The Hall–Kier alpha value is -2.91. The number of likely N-dealkylation sites (tertiary alicyclic amines) is 1. The van der Waals surface area contributed by atoms with Crippen LogP contribution in [0.15, 0.2) is 47.7 Å². The molecule has 1 aliphatic heterocycles. The maximum Gasteiger partial charge on any atom is 0.253 e. The number of nitrogens with zero attached hydrogens (tertiary/aromatic N) is 2. The van der Waals surface area contributed by atoms with Crippen molar-refractivity contribution in [3.05, 3.63) is 58.8 Å². The zero-order valence-corrected chi connectivity index (χ0v) is 18.0. The number of piperidine rings is 1. The molecule has 2 aliphatic carbocycles. The molecule has 2 amide bonds. The summed E-state index contributed by atoms with van der Waals surface area (Å²) in [7, 11) is 0. The summed E-state index contributed by atoms with van der Waals surface area (Å²) in [5.74, 6) is 1.18. The van der Waals surface area contributed by atoms with Crippen molar-refractivity contribution in [1.82, 2.24) is 10.2 Å². The number of rotatable bonds is 5. The minimum atomic E-state index is -0.689. The van der Waals surface area contributed by atoms with Gasteiger partial charge in [0.15, 0.2) is 0 Å². The van der Waals surface area contributed by atoms with Crippen LogP contribution in [0, 0.1) is 29.1 Å². The molecule has 4 unspecified atom stereocenters. The average molecular weight is 420 g/mol. The molecule has 1 saturated carbocycles. The van der Waals surface area contributed by atoms with Gasteiger partial charge in [0.25, 0.3) is 5.91 Å². The average Bonchev–Trinajstić information content (AvgIpc) is 3.43. The molecule has 2 N–H and O–H groups in total. The molecule has 0 aromatic heterocycles. The minimum Gasteiger partial charge on any atom is -0.393 e. The summed E-state index contributed by atoms with van der Waals surface area (Å²) in [5.41, 5.74) is 3.35. The van der Waals surface area contributed by atoms with Crippen LogP contribution in [0.3, 0.4) is 0 Å². The van der Waals surface area contributed by atoms with Crippen LogP contribution < -0.4 is 5.32 Å². The first-order chi connectivity index (χ1) is 14.9. The van der Waals surface area contributed by atoms with Gasteiger partial charge in [-0.05, 0) is 61.3 Å². The molecule has 0 spiro atoms. The van der Waals surface area contributed by atoms with E-state index in [1.54, 1.807) is 6.92 Å². The molecule has 6 heteroatoms. The number of allylic oxidation sites excluding steroid dienone is 2. The van der Waals surface area contributed by atoms with Crippen molar-refractivity contribution in [2.45, 2.75) is 45.1 Å². The van der Waals surface area contributed by atoms with Crippen LogP contribution in [0.25, 0.3) is 0 Å². The number of hydrogen-bond acceptors (Lipinski definition) is 4. The number of aliphatic hydroxyl groups excluding tert-OH is 1. The predicted octanol–water partition coefficient (Wildman–Crippen LogP) is 2.86. The molecule has 4 rings (SSSR count). The van der Waals surface area contributed by atoms with Gasteiger partial charge >= 0.3 is 0 Å². The standard InChI is InChI=1S/C25H29N3O3/c1-15(29)11-23(30)27-22-13-20(12-21-16(2)24(21)22)25(31)28-9-7-19(8-10-28)18-5-3-17(14-26)4-6-18/h3-6,12-13,15-16,19,21,24,29H,7-11H2,1-2H3,(H,27,30). The molecule has 1 aromatic rings. The highest BCUT2D eigenvalue weighted by atomic mass is 16.3. The number of nitrogens with one attached hydrogen (secondary N) is 1. The normalized spacial score (nSPS) is 26.1. The Kier molecular flexibility index (Phi) is 5.97. The second kappa shape index (κ2) is 8.68. The van der Waals surface area contributed by atoms with E-state index in [4.69, 9.17) is 5.26 Å². The van der Waals surface area contributed by atoms with Gasteiger partial charge in [0.1, 0.15) is 0 Å². The third kappa shape index (κ3) is 4.57. The second-order valence-electron chi connectivity index (χ2n) is 9.09. The fourth-order valence-corrected chi connectivity index (χ4v) is 4.92. The predicted molar refractivity (Wildman–Crippen MR) is 116 cm³/mol. The lowest BCUT2D eigenvalue weighted by atomic mass is 9.88. The van der Waals surface area contributed by atoms with E-state index in [0.717, 1.165) is 18.5 Å². The van der Waals surface area contributed by atoms with Crippen LogP contribution in [0.2, 0.25) is 0 Å². The molecule has 2 fully saturated rings. The van der Waals surface area contributed by atoms with Crippen LogP contribution in [-0.4, -0.2) is 41.0 Å². The third-order valence-electron chi connectivity index (χ3n) is 6.79. The molecule has 31 heavy (non-hydrogen) atoms. The number of benzene rings is 1. The number of amides is 2. The monoisotopic (exact) mass is 419 g/mol. The van der Waals surface area contributed by atoms with Crippen molar-refractivity contribution in [3.8, 4) is 6.07 Å². The number of hydrogen-bond donors (Lipinski definition) is 2. The van der Waals surface area contributed by atoms with E-state index < -0.39 is 6.10 Å². The zero-order chi connectivity index (χ0) is 22.1. The Balaban J connectivity index is 1.39. The van der Waals surface area contributed by atoms with Crippen molar-refractivity contribution in [2.75, 3.05) is 13.1 Å². The van der Waals surface area contributed by atoms with Gasteiger partial charge in [0.05, 0.1) is 24.2 Å². The van der Waals surface area contributed by atoms with Crippen LogP contribution in [0.5, 0.6) is 0 Å². The number of aliphatic hydroxyl groups is 1. The fourth-order valence-electron chi connectivity index (χ4n) is 4.92. The SMILES string of the molecule is CC(O)CC(=O)NC1=CC(C(=O)N2CCC(c3ccc(C#N)cc3)CC2)=CC2C(C)C12. The van der Waals surface area contributed by atoms with Crippen LogP contribution in [-0.2, 0) is 9.59 Å². The van der Waals surface area contributed by atoms with Gasteiger partial charge < -0.3 is 15.3 Å². The Morgan fingerprint density at radius 3 is 2.55 bits per heavy atom. The molecule has 1 heterocycles. The van der Waals surface area contributed by atoms with Gasteiger partial charge in [-0.2, -0.15) is 5.26 Å². The number of carbonyl (C=O) groups excluding carboxylic acids is 2. The van der Waals surface area contributed by atoms with E-state index in [9.17, 15) is 14.7 Å². The Morgan fingerprint density at radius 2 is 1.94 bits per heavy atom. The molecule has 4 atom stereocenters.